The van der Waals surface area contributed by atoms with Crippen molar-refractivity contribution in [3.8, 4) is 22.8 Å². The first-order valence-electron chi connectivity index (χ1n) is 7.96. The lowest BCUT2D eigenvalue weighted by atomic mass is 10.1. The third kappa shape index (κ3) is 3.50. The molecule has 0 N–H and O–H groups in total. The molecule has 0 amide bonds. The average molecular weight is 365 g/mol. The summed E-state index contributed by atoms with van der Waals surface area (Å²) in [5.41, 5.74) is 4.19. The summed E-state index contributed by atoms with van der Waals surface area (Å²) in [5.74, 6) is 1.99. The van der Waals surface area contributed by atoms with Crippen molar-refractivity contribution in [2.24, 2.45) is 0 Å². The minimum absolute atomic E-state index is 0.447. The number of thioether (sulfide) groups is 1. The molecule has 0 bridgehead atoms. The Labute approximate surface area is 153 Å². The van der Waals surface area contributed by atoms with Crippen molar-refractivity contribution in [2.75, 3.05) is 0 Å². The predicted octanol–water partition coefficient (Wildman–Crippen LogP) is 4.09. The molecule has 0 saturated carbocycles. The van der Waals surface area contributed by atoms with Gasteiger partial charge in [0, 0.05) is 23.5 Å². The summed E-state index contributed by atoms with van der Waals surface area (Å²) in [6.45, 7) is 4.13. The van der Waals surface area contributed by atoms with Crippen LogP contribution in [0.5, 0.6) is 0 Å². The highest BCUT2D eigenvalue weighted by atomic mass is 32.2. The van der Waals surface area contributed by atoms with Crippen molar-refractivity contribution >= 4 is 11.8 Å². The van der Waals surface area contributed by atoms with Gasteiger partial charge in [-0.25, -0.2) is 0 Å². The summed E-state index contributed by atoms with van der Waals surface area (Å²) in [6.07, 6.45) is 3.36. The monoisotopic (exact) mass is 365 g/mol. The van der Waals surface area contributed by atoms with Crippen molar-refractivity contribution in [2.45, 2.75) is 24.8 Å². The number of aromatic nitrogens is 5. The molecule has 0 aliphatic carbocycles. The minimum Gasteiger partial charge on any atom is -0.411 e. The zero-order valence-corrected chi connectivity index (χ0v) is 15.0. The zero-order chi connectivity index (χ0) is 17.9. The molecule has 7 nitrogen and oxygen atoms in total. The van der Waals surface area contributed by atoms with Gasteiger partial charge in [0.2, 0.25) is 17.6 Å². The predicted molar refractivity (Wildman–Crippen MR) is 96.3 cm³/mol. The largest absolute Gasteiger partial charge is 0.411 e. The number of hydrogen-bond donors (Lipinski definition) is 0. The first-order chi connectivity index (χ1) is 12.7. The number of hydrogen-bond acceptors (Lipinski definition) is 8. The number of nitrogens with zero attached hydrogens (tertiary/aromatic N) is 5. The Bertz CT molecular complexity index is 1030. The Morgan fingerprint density at radius 1 is 0.962 bits per heavy atom. The summed E-state index contributed by atoms with van der Waals surface area (Å²) in [7, 11) is 0. The maximum Gasteiger partial charge on any atom is 0.277 e. The fourth-order valence-corrected chi connectivity index (χ4v) is 2.91. The lowest BCUT2D eigenvalue weighted by Gasteiger charge is -2.00. The van der Waals surface area contributed by atoms with Crippen molar-refractivity contribution in [3.63, 3.8) is 0 Å². The highest BCUT2D eigenvalue weighted by molar-refractivity contribution is 7.98. The quantitative estimate of drug-likeness (QED) is 0.488. The van der Waals surface area contributed by atoms with E-state index in [2.05, 4.69) is 51.3 Å². The molecular weight excluding hydrogens is 350 g/mol. The number of aryl methyl sites for hydroxylation is 2. The first-order valence-corrected chi connectivity index (χ1v) is 8.94. The van der Waals surface area contributed by atoms with E-state index < -0.39 is 0 Å². The second-order valence-corrected chi connectivity index (χ2v) is 6.64. The lowest BCUT2D eigenvalue weighted by molar-refractivity contribution is 0.391. The molecule has 4 aromatic rings. The molecule has 3 aromatic heterocycles. The fourth-order valence-electron chi connectivity index (χ4n) is 2.31. The summed E-state index contributed by atoms with van der Waals surface area (Å²) in [5, 5.41) is 12.6. The van der Waals surface area contributed by atoms with E-state index in [0.29, 0.717) is 28.6 Å². The van der Waals surface area contributed by atoms with E-state index in [1.54, 1.807) is 12.4 Å². The van der Waals surface area contributed by atoms with E-state index in [-0.39, 0.29) is 0 Å². The Morgan fingerprint density at radius 2 is 1.81 bits per heavy atom. The molecule has 0 radical (unpaired) electrons. The van der Waals surface area contributed by atoms with Crippen LogP contribution >= 0.6 is 11.8 Å². The van der Waals surface area contributed by atoms with E-state index >= 15 is 0 Å². The van der Waals surface area contributed by atoms with Gasteiger partial charge in [0.05, 0.1) is 5.75 Å². The fraction of sp³-hybridized carbons (Fsp3) is 0.167. The zero-order valence-electron chi connectivity index (χ0n) is 14.2. The van der Waals surface area contributed by atoms with Crippen LogP contribution in [0.1, 0.15) is 17.0 Å². The van der Waals surface area contributed by atoms with Gasteiger partial charge in [-0.15, -0.1) is 10.2 Å². The maximum absolute atomic E-state index is 5.63. The molecule has 3 heterocycles. The molecule has 0 atom stereocenters. The number of benzene rings is 1. The van der Waals surface area contributed by atoms with Crippen LogP contribution in [-0.4, -0.2) is 25.3 Å². The van der Waals surface area contributed by atoms with Gasteiger partial charge in [0.1, 0.15) is 0 Å². The molecule has 0 saturated heterocycles. The molecule has 0 spiro atoms. The third-order valence-corrected chi connectivity index (χ3v) is 4.69. The molecule has 130 valence electrons. The van der Waals surface area contributed by atoms with Gasteiger partial charge in [-0.3, -0.25) is 4.98 Å². The van der Waals surface area contributed by atoms with Crippen LogP contribution in [0.15, 0.2) is 56.9 Å². The van der Waals surface area contributed by atoms with Gasteiger partial charge >= 0.3 is 0 Å². The molecule has 0 fully saturated rings. The van der Waals surface area contributed by atoms with Crippen LogP contribution in [0.25, 0.3) is 22.8 Å². The van der Waals surface area contributed by atoms with E-state index in [0.717, 1.165) is 11.1 Å². The third-order valence-electron chi connectivity index (χ3n) is 3.89. The average Bonchev–Trinajstić information content (AvgIpc) is 3.32. The molecule has 0 aliphatic heterocycles. The minimum atomic E-state index is 0.447. The maximum atomic E-state index is 5.63. The molecule has 0 aliphatic rings. The van der Waals surface area contributed by atoms with Crippen molar-refractivity contribution in [1.29, 1.82) is 0 Å². The van der Waals surface area contributed by atoms with Crippen LogP contribution in [0, 0.1) is 13.8 Å². The van der Waals surface area contributed by atoms with Crippen LogP contribution in [0.2, 0.25) is 0 Å². The first kappa shape index (κ1) is 16.5. The van der Waals surface area contributed by atoms with Gasteiger partial charge in [-0.2, -0.15) is 4.98 Å². The van der Waals surface area contributed by atoms with E-state index in [4.69, 9.17) is 8.94 Å². The van der Waals surface area contributed by atoms with Gasteiger partial charge in [0.15, 0.2) is 0 Å². The van der Waals surface area contributed by atoms with Gasteiger partial charge in [-0.1, -0.05) is 29.1 Å². The number of pyridine rings is 1. The Balaban J connectivity index is 1.44. The summed E-state index contributed by atoms with van der Waals surface area (Å²) >= 11 is 1.35. The second kappa shape index (κ2) is 7.09. The van der Waals surface area contributed by atoms with Gasteiger partial charge in [0.25, 0.3) is 5.22 Å². The standard InChI is InChI=1S/C18H15N5O2S/c1-11-3-4-14(9-12(11)2)16-20-15(25-23-16)10-26-18-22-21-17(24-18)13-5-7-19-8-6-13/h3-9H,10H2,1-2H3. The Kier molecular flexibility index (Phi) is 4.49. The van der Waals surface area contributed by atoms with Crippen molar-refractivity contribution in [1.82, 2.24) is 25.3 Å². The highest BCUT2D eigenvalue weighted by Gasteiger charge is 2.13. The summed E-state index contributed by atoms with van der Waals surface area (Å²) < 4.78 is 11.0. The topological polar surface area (TPSA) is 90.7 Å². The van der Waals surface area contributed by atoms with Crippen LogP contribution in [-0.2, 0) is 5.75 Å². The van der Waals surface area contributed by atoms with E-state index in [9.17, 15) is 0 Å². The highest BCUT2D eigenvalue weighted by Crippen LogP contribution is 2.26. The van der Waals surface area contributed by atoms with Gasteiger partial charge < -0.3 is 8.94 Å². The molecular formula is C18H15N5O2S. The molecule has 0 unspecified atom stereocenters. The smallest absolute Gasteiger partial charge is 0.277 e. The molecule has 8 heteroatoms. The molecule has 26 heavy (non-hydrogen) atoms. The molecule has 4 rings (SSSR count). The Hall–Kier alpha value is -3.00. The van der Waals surface area contributed by atoms with Crippen molar-refractivity contribution < 1.29 is 8.94 Å². The second-order valence-electron chi connectivity index (χ2n) is 5.71. The summed E-state index contributed by atoms with van der Waals surface area (Å²) in [6, 6.07) is 9.72. The van der Waals surface area contributed by atoms with Crippen LogP contribution in [0.3, 0.4) is 0 Å². The van der Waals surface area contributed by atoms with Crippen molar-refractivity contribution in [3.05, 3.63) is 59.7 Å². The summed E-state index contributed by atoms with van der Waals surface area (Å²) in [4.78, 5) is 8.40. The van der Waals surface area contributed by atoms with Gasteiger partial charge in [-0.05, 0) is 43.2 Å². The molecule has 1 aromatic carbocycles. The van der Waals surface area contributed by atoms with Crippen LogP contribution in [0.4, 0.5) is 0 Å². The lowest BCUT2D eigenvalue weighted by Crippen LogP contribution is -1.86. The Morgan fingerprint density at radius 3 is 2.62 bits per heavy atom. The normalized spacial score (nSPS) is 11.0. The van der Waals surface area contributed by atoms with E-state index in [1.807, 2.05) is 18.2 Å². The SMILES string of the molecule is Cc1ccc(-c2noc(CSc3nnc(-c4ccncc4)o3)n2)cc1C. The number of rotatable bonds is 5. The van der Waals surface area contributed by atoms with Crippen LogP contribution < -0.4 is 0 Å². The van der Waals surface area contributed by atoms with E-state index in [1.165, 1.54) is 22.9 Å².